The van der Waals surface area contributed by atoms with Crippen LogP contribution in [-0.2, 0) is 4.79 Å². The van der Waals surface area contributed by atoms with Crippen molar-refractivity contribution in [2.45, 2.75) is 13.2 Å². The number of hydrogen-bond acceptors (Lipinski definition) is 6. The van der Waals surface area contributed by atoms with E-state index in [1.165, 1.54) is 22.3 Å². The fourth-order valence-corrected chi connectivity index (χ4v) is 1.57. The number of carboxylic acids is 1. The number of aliphatic hydroxyl groups excluding tert-OH is 1. The van der Waals surface area contributed by atoms with Gasteiger partial charge in [0.25, 0.3) is 0 Å². The highest BCUT2D eigenvalue weighted by atomic mass is 32.1. The van der Waals surface area contributed by atoms with Crippen molar-refractivity contribution in [1.82, 2.24) is 20.9 Å². The van der Waals surface area contributed by atoms with Crippen molar-refractivity contribution < 1.29 is 15.0 Å². The van der Waals surface area contributed by atoms with Gasteiger partial charge in [-0.2, -0.15) is 0 Å². The maximum Gasteiger partial charge on any atom is 0.352 e. The number of nitrogens with zero attached hydrogens (tertiary/aromatic N) is 2. The largest absolute Gasteiger partial charge is 0.477 e. The van der Waals surface area contributed by atoms with Gasteiger partial charge in [0, 0.05) is 6.08 Å². The molecule has 0 fully saturated rings. The van der Waals surface area contributed by atoms with Crippen LogP contribution in [0, 0.1) is 0 Å². The first-order chi connectivity index (χ1) is 7.49. The van der Waals surface area contributed by atoms with E-state index in [1.807, 2.05) is 0 Å². The van der Waals surface area contributed by atoms with Crippen molar-refractivity contribution in [3.63, 3.8) is 0 Å². The maximum atomic E-state index is 10.8. The second-order valence-corrected chi connectivity index (χ2v) is 3.73. The Morgan fingerprint density at radius 3 is 2.88 bits per heavy atom. The molecule has 2 rings (SSSR count). The molecule has 4 N–H and O–H groups in total. The number of aliphatic hydroxyl groups is 1. The number of aliphatic carboxylic acids is 1. The van der Waals surface area contributed by atoms with Crippen LogP contribution in [0.5, 0.6) is 0 Å². The molecule has 7 nitrogen and oxygen atoms in total. The molecule has 16 heavy (non-hydrogen) atoms. The molecule has 0 amide bonds. The third-order valence-corrected chi connectivity index (χ3v) is 2.40. The van der Waals surface area contributed by atoms with E-state index in [0.717, 1.165) is 0 Å². The number of fused-ring (bicyclic) bond motifs is 1. The summed E-state index contributed by atoms with van der Waals surface area (Å²) in [5.41, 5.74) is 2.79. The molecule has 2 aliphatic heterocycles. The Kier molecular flexibility index (Phi) is 2.54. The summed E-state index contributed by atoms with van der Waals surface area (Å²) < 4.78 is 0. The molecule has 0 aromatic rings. The number of thiocarbonyl (C=S) groups is 1. The summed E-state index contributed by atoms with van der Waals surface area (Å²) in [4.78, 5) is 11.1. The molecular weight excluding hydrogens is 232 g/mol. The SMILES string of the molecule is CC(O)N1C=C2NC(C(=O)O)=CC(=S)N2N1. The average Bonchev–Trinajstić information content (AvgIpc) is 2.61. The van der Waals surface area contributed by atoms with Gasteiger partial charge in [0.1, 0.15) is 22.7 Å². The van der Waals surface area contributed by atoms with E-state index in [9.17, 15) is 9.90 Å². The van der Waals surface area contributed by atoms with Crippen molar-refractivity contribution in [1.29, 1.82) is 0 Å². The Morgan fingerprint density at radius 1 is 1.62 bits per heavy atom. The maximum absolute atomic E-state index is 10.8. The highest BCUT2D eigenvalue weighted by molar-refractivity contribution is 7.80. The Morgan fingerprint density at radius 2 is 2.31 bits per heavy atom. The molecule has 0 saturated heterocycles. The number of carbonyl (C=O) groups is 1. The number of hydrazine groups is 2. The van der Waals surface area contributed by atoms with Crippen LogP contribution in [0.3, 0.4) is 0 Å². The van der Waals surface area contributed by atoms with Crippen molar-refractivity contribution in [2.24, 2.45) is 0 Å². The van der Waals surface area contributed by atoms with Gasteiger partial charge in [-0.05, 0) is 6.92 Å². The van der Waals surface area contributed by atoms with Gasteiger partial charge in [0.05, 0.1) is 6.20 Å². The third-order valence-electron chi connectivity index (χ3n) is 2.10. The molecule has 2 aliphatic rings. The first-order valence-corrected chi connectivity index (χ1v) is 4.90. The monoisotopic (exact) mass is 242 g/mol. The summed E-state index contributed by atoms with van der Waals surface area (Å²) in [6.07, 6.45) is 2.11. The fraction of sp³-hybridized carbons (Fsp3) is 0.250. The lowest BCUT2D eigenvalue weighted by atomic mass is 10.3. The fourth-order valence-electron chi connectivity index (χ4n) is 1.31. The number of hydrogen-bond donors (Lipinski definition) is 4. The molecule has 1 atom stereocenters. The van der Waals surface area contributed by atoms with E-state index in [-0.39, 0.29) is 5.70 Å². The van der Waals surface area contributed by atoms with E-state index in [4.69, 9.17) is 17.3 Å². The standard InChI is InChI=1S/C8H10N4O3S/c1-4(13)11-3-6-9-5(8(14)15)2-7(16)12(6)10-11/h2-4,9-10,13H,1H3,(H,14,15). The highest BCUT2D eigenvalue weighted by Gasteiger charge is 2.30. The molecule has 0 bridgehead atoms. The Balaban J connectivity index is 2.25. The Labute approximate surface area is 96.6 Å². The van der Waals surface area contributed by atoms with Crippen LogP contribution in [0.1, 0.15) is 6.92 Å². The van der Waals surface area contributed by atoms with Crippen LogP contribution in [0.4, 0.5) is 0 Å². The molecule has 0 aromatic heterocycles. The predicted molar refractivity (Wildman–Crippen MR) is 58.0 cm³/mol. The van der Waals surface area contributed by atoms with E-state index in [1.54, 1.807) is 6.92 Å². The van der Waals surface area contributed by atoms with Crippen molar-refractivity contribution >= 4 is 23.2 Å². The molecule has 0 spiro atoms. The number of nitrogens with one attached hydrogen (secondary N) is 2. The summed E-state index contributed by atoms with van der Waals surface area (Å²) in [6, 6.07) is 0. The van der Waals surface area contributed by atoms with Gasteiger partial charge in [0.2, 0.25) is 0 Å². The number of carboxylic acid groups (broad SMARTS) is 1. The van der Waals surface area contributed by atoms with Gasteiger partial charge in [-0.3, -0.25) is 5.01 Å². The van der Waals surface area contributed by atoms with Gasteiger partial charge in [-0.1, -0.05) is 12.2 Å². The third kappa shape index (κ3) is 1.73. The molecule has 2 heterocycles. The van der Waals surface area contributed by atoms with Gasteiger partial charge in [0.15, 0.2) is 0 Å². The minimum Gasteiger partial charge on any atom is -0.477 e. The minimum atomic E-state index is -1.08. The van der Waals surface area contributed by atoms with Crippen molar-refractivity contribution in [3.05, 3.63) is 23.8 Å². The van der Waals surface area contributed by atoms with Crippen molar-refractivity contribution in [2.75, 3.05) is 0 Å². The zero-order valence-corrected chi connectivity index (χ0v) is 9.15. The molecule has 0 aliphatic carbocycles. The molecule has 0 aromatic carbocycles. The van der Waals surface area contributed by atoms with Crippen LogP contribution in [0.15, 0.2) is 23.8 Å². The quantitative estimate of drug-likeness (QED) is 0.461. The molecule has 8 heteroatoms. The van der Waals surface area contributed by atoms with E-state index < -0.39 is 12.2 Å². The van der Waals surface area contributed by atoms with Gasteiger partial charge in [-0.25, -0.2) is 9.80 Å². The zero-order chi connectivity index (χ0) is 11.9. The van der Waals surface area contributed by atoms with Crippen LogP contribution in [0.25, 0.3) is 0 Å². The first-order valence-electron chi connectivity index (χ1n) is 4.49. The molecule has 1 unspecified atom stereocenters. The summed E-state index contributed by atoms with van der Waals surface area (Å²) in [6.45, 7) is 1.57. The molecule has 0 radical (unpaired) electrons. The summed E-state index contributed by atoms with van der Waals surface area (Å²) in [7, 11) is 0. The second-order valence-electron chi connectivity index (χ2n) is 3.32. The van der Waals surface area contributed by atoms with Gasteiger partial charge < -0.3 is 15.5 Å². The predicted octanol–water partition coefficient (Wildman–Crippen LogP) is -0.940. The normalized spacial score (nSPS) is 21.0. The lowest BCUT2D eigenvalue weighted by Gasteiger charge is -2.28. The van der Waals surface area contributed by atoms with Gasteiger partial charge >= 0.3 is 5.97 Å². The zero-order valence-electron chi connectivity index (χ0n) is 8.34. The number of rotatable bonds is 2. The summed E-state index contributed by atoms with van der Waals surface area (Å²) in [5.74, 6) is -0.621. The molecule has 0 saturated carbocycles. The smallest absolute Gasteiger partial charge is 0.352 e. The van der Waals surface area contributed by atoms with Crippen molar-refractivity contribution in [3.8, 4) is 0 Å². The van der Waals surface area contributed by atoms with Crippen LogP contribution >= 0.6 is 12.2 Å². The lowest BCUT2D eigenvalue weighted by molar-refractivity contribution is -0.133. The van der Waals surface area contributed by atoms with Gasteiger partial charge in [-0.15, -0.1) is 5.53 Å². The average molecular weight is 242 g/mol. The van der Waals surface area contributed by atoms with Crippen LogP contribution < -0.4 is 10.9 Å². The van der Waals surface area contributed by atoms with E-state index >= 15 is 0 Å². The second kappa shape index (κ2) is 3.74. The van der Waals surface area contributed by atoms with E-state index in [2.05, 4.69) is 10.9 Å². The minimum absolute atomic E-state index is 0.00161. The topological polar surface area (TPSA) is 88.1 Å². The molecular formula is C8H10N4O3S. The summed E-state index contributed by atoms with van der Waals surface area (Å²) in [5, 5.41) is 23.7. The van der Waals surface area contributed by atoms with Crippen LogP contribution in [-0.4, -0.2) is 37.4 Å². The summed E-state index contributed by atoms with van der Waals surface area (Å²) >= 11 is 5.01. The Hall–Kier alpha value is -1.64. The lowest BCUT2D eigenvalue weighted by Crippen LogP contribution is -2.49. The first kappa shape index (κ1) is 10.9. The highest BCUT2D eigenvalue weighted by Crippen LogP contribution is 2.17. The molecule has 86 valence electrons. The Bertz CT molecular complexity index is 418. The van der Waals surface area contributed by atoms with Crippen LogP contribution in [0.2, 0.25) is 0 Å². The van der Waals surface area contributed by atoms with E-state index in [0.29, 0.717) is 10.8 Å².